The Morgan fingerprint density at radius 2 is 1.85 bits per heavy atom. The summed E-state index contributed by atoms with van der Waals surface area (Å²) in [7, 11) is 1.85. The lowest BCUT2D eigenvalue weighted by Gasteiger charge is -2.11. The van der Waals surface area contributed by atoms with Crippen molar-refractivity contribution in [1.29, 1.82) is 0 Å². The van der Waals surface area contributed by atoms with Crippen LogP contribution in [0.5, 0.6) is 0 Å². The second kappa shape index (κ2) is 6.41. The van der Waals surface area contributed by atoms with Gasteiger partial charge in [0, 0.05) is 27.2 Å². The zero-order valence-electron chi connectivity index (χ0n) is 11.1. The number of hydrogen-bond acceptors (Lipinski definition) is 2. The molecule has 0 spiro atoms. The molecule has 0 bridgehead atoms. The normalized spacial score (nSPS) is 10.2. The third-order valence-corrected chi connectivity index (χ3v) is 4.09. The smallest absolute Gasteiger partial charge is 0.255 e. The molecule has 1 amide bonds. The first-order valence-electron chi connectivity index (χ1n) is 6.06. The van der Waals surface area contributed by atoms with Gasteiger partial charge in [0.05, 0.1) is 5.69 Å². The number of benzene rings is 2. The second-order valence-electron chi connectivity index (χ2n) is 4.36. The Morgan fingerprint density at radius 1 is 1.10 bits per heavy atom. The van der Waals surface area contributed by atoms with Gasteiger partial charge in [-0.05, 0) is 64.8 Å². The molecule has 0 aliphatic heterocycles. The molecule has 104 valence electrons. The first-order chi connectivity index (χ1) is 9.51. The summed E-state index contributed by atoms with van der Waals surface area (Å²) in [6.07, 6.45) is 0. The van der Waals surface area contributed by atoms with Crippen molar-refractivity contribution in [2.75, 3.05) is 17.7 Å². The van der Waals surface area contributed by atoms with Gasteiger partial charge < -0.3 is 10.6 Å². The Kier molecular flexibility index (Phi) is 4.83. The highest BCUT2D eigenvalue weighted by atomic mass is 79.9. The van der Waals surface area contributed by atoms with Crippen LogP contribution in [0.1, 0.15) is 15.9 Å². The maximum Gasteiger partial charge on any atom is 0.255 e. The molecule has 2 rings (SSSR count). The average molecular weight is 398 g/mol. The molecule has 0 saturated heterocycles. The Bertz CT molecular complexity index is 656. The summed E-state index contributed by atoms with van der Waals surface area (Å²) >= 11 is 6.82. The van der Waals surface area contributed by atoms with Crippen molar-refractivity contribution in [2.24, 2.45) is 0 Å². The molecule has 0 saturated carbocycles. The van der Waals surface area contributed by atoms with Gasteiger partial charge in [0.25, 0.3) is 5.91 Å². The molecular weight excluding hydrogens is 384 g/mol. The number of hydrogen-bond donors (Lipinski definition) is 2. The van der Waals surface area contributed by atoms with E-state index >= 15 is 0 Å². The summed E-state index contributed by atoms with van der Waals surface area (Å²) in [6, 6.07) is 11.3. The van der Waals surface area contributed by atoms with Crippen molar-refractivity contribution < 1.29 is 4.79 Å². The molecule has 0 unspecified atom stereocenters. The van der Waals surface area contributed by atoms with Crippen molar-refractivity contribution >= 4 is 49.1 Å². The molecule has 2 aromatic rings. The Labute approximate surface area is 135 Å². The number of nitrogens with one attached hydrogen (secondary N) is 2. The maximum atomic E-state index is 12.3. The first-order valence-corrected chi connectivity index (χ1v) is 7.64. The highest BCUT2D eigenvalue weighted by Gasteiger charge is 2.11. The summed E-state index contributed by atoms with van der Waals surface area (Å²) in [6.45, 7) is 1.92. The number of carbonyl (C=O) groups excluding carboxylic acids is 1. The Balaban J connectivity index is 2.24. The van der Waals surface area contributed by atoms with Gasteiger partial charge in [0.2, 0.25) is 0 Å². The first kappa shape index (κ1) is 15.1. The molecule has 20 heavy (non-hydrogen) atoms. The quantitative estimate of drug-likeness (QED) is 0.779. The highest BCUT2D eigenvalue weighted by Crippen LogP contribution is 2.27. The van der Waals surface area contributed by atoms with Crippen LogP contribution >= 0.6 is 31.9 Å². The summed E-state index contributed by atoms with van der Waals surface area (Å²) in [5, 5.41) is 5.96. The summed E-state index contributed by atoms with van der Waals surface area (Å²) < 4.78 is 1.79. The summed E-state index contributed by atoms with van der Waals surface area (Å²) in [5.74, 6) is -0.117. The minimum atomic E-state index is -0.117. The van der Waals surface area contributed by atoms with Crippen molar-refractivity contribution in [3.8, 4) is 0 Å². The van der Waals surface area contributed by atoms with Gasteiger partial charge in [0.1, 0.15) is 0 Å². The molecule has 3 nitrogen and oxygen atoms in total. The van der Waals surface area contributed by atoms with Gasteiger partial charge in [0.15, 0.2) is 0 Å². The lowest BCUT2D eigenvalue weighted by Crippen LogP contribution is -2.13. The minimum absolute atomic E-state index is 0.117. The van der Waals surface area contributed by atoms with Crippen LogP contribution in [-0.4, -0.2) is 13.0 Å². The molecule has 5 heteroatoms. The average Bonchev–Trinajstić information content (AvgIpc) is 2.41. The molecule has 0 heterocycles. The molecule has 2 aromatic carbocycles. The Hall–Kier alpha value is -1.33. The van der Waals surface area contributed by atoms with E-state index in [9.17, 15) is 4.79 Å². The number of aryl methyl sites for hydroxylation is 1. The molecule has 0 aromatic heterocycles. The van der Waals surface area contributed by atoms with Crippen LogP contribution in [0.3, 0.4) is 0 Å². The monoisotopic (exact) mass is 396 g/mol. The summed E-state index contributed by atoms with van der Waals surface area (Å²) in [4.78, 5) is 12.3. The largest absolute Gasteiger partial charge is 0.388 e. The number of amides is 1. The van der Waals surface area contributed by atoms with Gasteiger partial charge in [-0.15, -0.1) is 0 Å². The molecule has 2 N–H and O–H groups in total. The fourth-order valence-electron chi connectivity index (χ4n) is 1.85. The van der Waals surface area contributed by atoms with E-state index in [-0.39, 0.29) is 5.91 Å². The van der Waals surface area contributed by atoms with Crippen LogP contribution in [0.2, 0.25) is 0 Å². The van der Waals surface area contributed by atoms with Crippen LogP contribution < -0.4 is 10.6 Å². The maximum absolute atomic E-state index is 12.3. The third-order valence-electron chi connectivity index (χ3n) is 2.94. The predicted octanol–water partition coefficient (Wildman–Crippen LogP) is 4.81. The lowest BCUT2D eigenvalue weighted by molar-refractivity contribution is 0.102. The van der Waals surface area contributed by atoms with E-state index in [4.69, 9.17) is 0 Å². The van der Waals surface area contributed by atoms with Crippen molar-refractivity contribution in [3.63, 3.8) is 0 Å². The predicted molar refractivity (Wildman–Crippen MR) is 90.5 cm³/mol. The molecule has 0 aliphatic rings. The van der Waals surface area contributed by atoms with Crippen LogP contribution in [0, 0.1) is 6.92 Å². The number of carbonyl (C=O) groups is 1. The van der Waals surface area contributed by atoms with Gasteiger partial charge in [-0.25, -0.2) is 0 Å². The lowest BCUT2D eigenvalue weighted by atomic mass is 10.1. The van der Waals surface area contributed by atoms with Gasteiger partial charge in [-0.1, -0.05) is 15.9 Å². The SMILES string of the molecule is CNc1ccc(C(=O)Nc2ccc(Br)cc2Br)c(C)c1. The highest BCUT2D eigenvalue weighted by molar-refractivity contribution is 9.11. The molecule has 0 aliphatic carbocycles. The number of rotatable bonds is 3. The van der Waals surface area contributed by atoms with E-state index in [2.05, 4.69) is 42.5 Å². The molecular formula is C15H14Br2N2O. The second-order valence-corrected chi connectivity index (χ2v) is 6.13. The van der Waals surface area contributed by atoms with Crippen molar-refractivity contribution in [1.82, 2.24) is 0 Å². The van der Waals surface area contributed by atoms with E-state index in [1.54, 1.807) is 0 Å². The van der Waals surface area contributed by atoms with Crippen LogP contribution in [-0.2, 0) is 0 Å². The summed E-state index contributed by atoms with van der Waals surface area (Å²) in [5.41, 5.74) is 3.33. The van der Waals surface area contributed by atoms with E-state index in [1.807, 2.05) is 50.4 Å². The van der Waals surface area contributed by atoms with Crippen LogP contribution in [0.15, 0.2) is 45.3 Å². The topological polar surface area (TPSA) is 41.1 Å². The van der Waals surface area contributed by atoms with Gasteiger partial charge in [-0.3, -0.25) is 4.79 Å². The van der Waals surface area contributed by atoms with E-state index in [0.717, 1.165) is 25.9 Å². The Morgan fingerprint density at radius 3 is 2.45 bits per heavy atom. The molecule has 0 radical (unpaired) electrons. The van der Waals surface area contributed by atoms with Crippen LogP contribution in [0.4, 0.5) is 11.4 Å². The number of halogens is 2. The fraction of sp³-hybridized carbons (Fsp3) is 0.133. The number of anilines is 2. The molecule has 0 atom stereocenters. The van der Waals surface area contributed by atoms with Crippen molar-refractivity contribution in [2.45, 2.75) is 6.92 Å². The zero-order valence-corrected chi connectivity index (χ0v) is 14.3. The van der Waals surface area contributed by atoms with Gasteiger partial charge in [-0.2, -0.15) is 0 Å². The van der Waals surface area contributed by atoms with E-state index in [1.165, 1.54) is 0 Å². The third kappa shape index (κ3) is 3.41. The van der Waals surface area contributed by atoms with Crippen molar-refractivity contribution in [3.05, 3.63) is 56.5 Å². The zero-order chi connectivity index (χ0) is 14.7. The standard InChI is InChI=1S/C15H14Br2N2O/c1-9-7-11(18-2)4-5-12(9)15(20)19-14-6-3-10(16)8-13(14)17/h3-8,18H,1-2H3,(H,19,20). The fourth-order valence-corrected chi connectivity index (χ4v) is 3.00. The van der Waals surface area contributed by atoms with Crippen LogP contribution in [0.25, 0.3) is 0 Å². The van der Waals surface area contributed by atoms with E-state index < -0.39 is 0 Å². The van der Waals surface area contributed by atoms with Gasteiger partial charge >= 0.3 is 0 Å². The minimum Gasteiger partial charge on any atom is -0.388 e. The molecule has 0 fully saturated rings. The van der Waals surface area contributed by atoms with E-state index in [0.29, 0.717) is 5.56 Å².